The first-order valence-electron chi connectivity index (χ1n) is 6.76. The van der Waals surface area contributed by atoms with E-state index in [4.69, 9.17) is 5.84 Å². The van der Waals surface area contributed by atoms with Crippen LogP contribution in [0.4, 0.5) is 0 Å². The number of hydrogen-bond donors (Lipinski definition) is 2. The third-order valence-electron chi connectivity index (χ3n) is 3.47. The molecule has 0 spiro atoms. The fraction of sp³-hybridized carbons (Fsp3) is 0.200. The summed E-state index contributed by atoms with van der Waals surface area (Å²) in [5.41, 5.74) is 6.78. The minimum Gasteiger partial charge on any atom is -0.270 e. The molecular weight excluding hydrogens is 264 g/mol. The van der Waals surface area contributed by atoms with Crippen molar-refractivity contribution in [3.8, 4) is 5.69 Å². The van der Waals surface area contributed by atoms with Crippen LogP contribution in [0, 0.1) is 6.92 Å². The molecule has 1 unspecified atom stereocenters. The van der Waals surface area contributed by atoms with Gasteiger partial charge in [0.05, 0.1) is 22.8 Å². The highest BCUT2D eigenvalue weighted by Gasteiger charge is 2.21. The molecule has 1 atom stereocenters. The third-order valence-corrected chi connectivity index (χ3v) is 3.47. The largest absolute Gasteiger partial charge is 0.270 e. The predicted octanol–water partition coefficient (Wildman–Crippen LogP) is 1.47. The van der Waals surface area contributed by atoms with Crippen LogP contribution in [-0.4, -0.2) is 19.6 Å². The number of nitrogens with zero attached hydrogens (tertiary/aromatic N) is 4. The monoisotopic (exact) mass is 282 g/mol. The fourth-order valence-corrected chi connectivity index (χ4v) is 2.54. The summed E-state index contributed by atoms with van der Waals surface area (Å²) in [5, 5.41) is 8.79. The molecule has 0 aliphatic heterocycles. The zero-order chi connectivity index (χ0) is 14.8. The van der Waals surface area contributed by atoms with Crippen LogP contribution in [0.2, 0.25) is 0 Å². The summed E-state index contributed by atoms with van der Waals surface area (Å²) in [4.78, 5) is 0. The van der Waals surface area contributed by atoms with E-state index in [-0.39, 0.29) is 6.04 Å². The van der Waals surface area contributed by atoms with Gasteiger partial charge in [-0.3, -0.25) is 10.5 Å². The van der Waals surface area contributed by atoms with E-state index < -0.39 is 0 Å². The number of benzene rings is 1. The van der Waals surface area contributed by atoms with Crippen LogP contribution in [0.3, 0.4) is 0 Å². The number of nitrogens with two attached hydrogens (primary N) is 1. The lowest BCUT2D eigenvalue weighted by molar-refractivity contribution is 0.549. The summed E-state index contributed by atoms with van der Waals surface area (Å²) in [6.45, 7) is 1.96. The first kappa shape index (κ1) is 13.5. The van der Waals surface area contributed by atoms with E-state index in [2.05, 4.69) is 15.6 Å². The number of aromatic nitrogens is 4. The van der Waals surface area contributed by atoms with E-state index in [1.54, 1.807) is 6.20 Å². The van der Waals surface area contributed by atoms with Crippen molar-refractivity contribution < 1.29 is 0 Å². The van der Waals surface area contributed by atoms with E-state index in [0.29, 0.717) is 0 Å². The predicted molar refractivity (Wildman–Crippen MR) is 80.7 cm³/mol. The molecule has 3 rings (SSSR count). The molecule has 1 aromatic carbocycles. The van der Waals surface area contributed by atoms with Crippen molar-refractivity contribution >= 4 is 0 Å². The Morgan fingerprint density at radius 1 is 1.14 bits per heavy atom. The third kappa shape index (κ3) is 2.46. The van der Waals surface area contributed by atoms with Gasteiger partial charge in [0.1, 0.15) is 6.04 Å². The van der Waals surface area contributed by atoms with Crippen LogP contribution in [-0.2, 0) is 7.05 Å². The second kappa shape index (κ2) is 5.51. The normalized spacial score (nSPS) is 12.5. The van der Waals surface area contributed by atoms with Crippen LogP contribution >= 0.6 is 0 Å². The SMILES string of the molecule is Cc1cc(C(NN)c2ccnn2-c2ccccc2)n(C)n1. The molecule has 6 heteroatoms. The van der Waals surface area contributed by atoms with E-state index in [1.165, 1.54) is 0 Å². The lowest BCUT2D eigenvalue weighted by atomic mass is 10.1. The number of hydrogen-bond acceptors (Lipinski definition) is 4. The molecule has 3 N–H and O–H groups in total. The van der Waals surface area contributed by atoms with Crippen LogP contribution in [0.1, 0.15) is 23.1 Å². The highest BCUT2D eigenvalue weighted by atomic mass is 15.3. The lowest BCUT2D eigenvalue weighted by Crippen LogP contribution is -2.32. The van der Waals surface area contributed by atoms with Crippen LogP contribution in [0.25, 0.3) is 5.69 Å². The first-order valence-corrected chi connectivity index (χ1v) is 6.76. The highest BCUT2D eigenvalue weighted by molar-refractivity contribution is 5.35. The van der Waals surface area contributed by atoms with Gasteiger partial charge in [-0.2, -0.15) is 10.2 Å². The van der Waals surface area contributed by atoms with E-state index >= 15 is 0 Å². The lowest BCUT2D eigenvalue weighted by Gasteiger charge is -2.18. The minimum atomic E-state index is -0.182. The molecular formula is C15H18N6. The molecule has 0 saturated heterocycles. The van der Waals surface area contributed by atoms with Gasteiger partial charge in [-0.15, -0.1) is 0 Å². The average Bonchev–Trinajstić information content (AvgIpc) is 3.09. The second-order valence-corrected chi connectivity index (χ2v) is 4.94. The maximum atomic E-state index is 5.79. The summed E-state index contributed by atoms with van der Waals surface area (Å²) >= 11 is 0. The molecule has 6 nitrogen and oxygen atoms in total. The molecule has 0 aliphatic rings. The molecule has 0 radical (unpaired) electrons. The smallest absolute Gasteiger partial charge is 0.105 e. The molecule has 3 aromatic rings. The van der Waals surface area contributed by atoms with Gasteiger partial charge in [-0.05, 0) is 31.2 Å². The van der Waals surface area contributed by atoms with E-state index in [9.17, 15) is 0 Å². The second-order valence-electron chi connectivity index (χ2n) is 4.94. The molecule has 2 aromatic heterocycles. The number of rotatable bonds is 4. The number of para-hydroxylation sites is 1. The van der Waals surface area contributed by atoms with Gasteiger partial charge in [-0.1, -0.05) is 18.2 Å². The van der Waals surface area contributed by atoms with Crippen molar-refractivity contribution in [2.24, 2.45) is 12.9 Å². The Morgan fingerprint density at radius 3 is 2.52 bits per heavy atom. The number of hydrazine groups is 1. The van der Waals surface area contributed by atoms with Crippen molar-refractivity contribution in [1.29, 1.82) is 0 Å². The van der Waals surface area contributed by atoms with Crippen molar-refractivity contribution in [2.75, 3.05) is 0 Å². The molecule has 2 heterocycles. The molecule has 0 bridgehead atoms. The Hall–Kier alpha value is -2.44. The fourth-order valence-electron chi connectivity index (χ4n) is 2.54. The standard InChI is InChI=1S/C15H18N6/c1-11-10-14(20(2)19-11)15(18-16)13-8-9-17-21(13)12-6-4-3-5-7-12/h3-10,15,18H,16H2,1-2H3. The zero-order valence-corrected chi connectivity index (χ0v) is 12.1. The molecule has 21 heavy (non-hydrogen) atoms. The van der Waals surface area contributed by atoms with Gasteiger partial charge in [0, 0.05) is 13.2 Å². The first-order chi connectivity index (χ1) is 10.2. The maximum Gasteiger partial charge on any atom is 0.105 e. The van der Waals surface area contributed by atoms with Gasteiger partial charge >= 0.3 is 0 Å². The molecule has 0 fully saturated rings. The molecule has 108 valence electrons. The number of aryl methyl sites for hydroxylation is 2. The zero-order valence-electron chi connectivity index (χ0n) is 12.1. The van der Waals surface area contributed by atoms with Gasteiger partial charge < -0.3 is 0 Å². The Balaban J connectivity index is 2.07. The van der Waals surface area contributed by atoms with Crippen molar-refractivity contribution in [1.82, 2.24) is 25.0 Å². The summed E-state index contributed by atoms with van der Waals surface area (Å²) < 4.78 is 3.72. The van der Waals surface area contributed by atoms with Gasteiger partial charge in [-0.25, -0.2) is 10.1 Å². The summed E-state index contributed by atoms with van der Waals surface area (Å²) in [5.74, 6) is 5.79. The van der Waals surface area contributed by atoms with Crippen molar-refractivity contribution in [2.45, 2.75) is 13.0 Å². The highest BCUT2D eigenvalue weighted by Crippen LogP contribution is 2.23. The summed E-state index contributed by atoms with van der Waals surface area (Å²) in [6.07, 6.45) is 1.77. The van der Waals surface area contributed by atoms with Gasteiger partial charge in [0.2, 0.25) is 0 Å². The number of nitrogens with one attached hydrogen (secondary N) is 1. The maximum absolute atomic E-state index is 5.79. The topological polar surface area (TPSA) is 73.7 Å². The minimum absolute atomic E-state index is 0.182. The van der Waals surface area contributed by atoms with Crippen LogP contribution in [0.5, 0.6) is 0 Å². The van der Waals surface area contributed by atoms with Gasteiger partial charge in [0.15, 0.2) is 0 Å². The van der Waals surface area contributed by atoms with E-state index in [0.717, 1.165) is 22.8 Å². The Morgan fingerprint density at radius 2 is 1.90 bits per heavy atom. The Kier molecular flexibility index (Phi) is 3.55. The van der Waals surface area contributed by atoms with Crippen molar-refractivity contribution in [3.63, 3.8) is 0 Å². The quantitative estimate of drug-likeness (QED) is 0.561. The van der Waals surface area contributed by atoms with Gasteiger partial charge in [0.25, 0.3) is 0 Å². The summed E-state index contributed by atoms with van der Waals surface area (Å²) in [7, 11) is 1.91. The van der Waals surface area contributed by atoms with Crippen LogP contribution < -0.4 is 11.3 Å². The van der Waals surface area contributed by atoms with Crippen molar-refractivity contribution in [3.05, 3.63) is 65.7 Å². The Labute approximate surface area is 123 Å². The van der Waals surface area contributed by atoms with E-state index in [1.807, 2.05) is 65.8 Å². The molecule has 0 amide bonds. The van der Waals surface area contributed by atoms with Crippen LogP contribution in [0.15, 0.2) is 48.7 Å². The Bertz CT molecular complexity index is 728. The molecule has 0 aliphatic carbocycles. The molecule has 0 saturated carbocycles. The average molecular weight is 282 g/mol. The summed E-state index contributed by atoms with van der Waals surface area (Å²) in [6, 6.07) is 13.8.